The zero-order chi connectivity index (χ0) is 12.7. The number of nitrogens with zero attached hydrogens (tertiary/aromatic N) is 1. The van der Waals surface area contributed by atoms with Crippen LogP contribution in [0, 0.1) is 0 Å². The van der Waals surface area contributed by atoms with E-state index in [-0.39, 0.29) is 6.04 Å². The second kappa shape index (κ2) is 7.43. The lowest BCUT2D eigenvalue weighted by molar-refractivity contribution is 0.0955. The average Bonchev–Trinajstić information content (AvgIpc) is 2.36. The van der Waals surface area contributed by atoms with E-state index in [0.717, 1.165) is 19.5 Å². The van der Waals surface area contributed by atoms with Gasteiger partial charge in [0.1, 0.15) is 0 Å². The molecule has 0 bridgehead atoms. The van der Waals surface area contributed by atoms with Gasteiger partial charge in [-0.3, -0.25) is 0 Å². The molecule has 0 aliphatic heterocycles. The van der Waals surface area contributed by atoms with Crippen molar-refractivity contribution in [2.45, 2.75) is 32.4 Å². The first-order chi connectivity index (χ1) is 8.17. The zero-order valence-electron chi connectivity index (χ0n) is 10.8. The van der Waals surface area contributed by atoms with E-state index in [4.69, 9.17) is 5.73 Å². The summed E-state index contributed by atoms with van der Waals surface area (Å²) in [5.74, 6) is 0. The minimum absolute atomic E-state index is 0.196. The number of hydrogen-bond acceptors (Lipinski definition) is 3. The fraction of sp³-hybridized carbons (Fsp3) is 0.571. The molecule has 0 fully saturated rings. The van der Waals surface area contributed by atoms with Crippen LogP contribution in [0.4, 0.5) is 0 Å². The van der Waals surface area contributed by atoms with Gasteiger partial charge in [0.2, 0.25) is 0 Å². The van der Waals surface area contributed by atoms with Gasteiger partial charge in [-0.2, -0.15) is 0 Å². The van der Waals surface area contributed by atoms with E-state index in [1.54, 1.807) is 0 Å². The van der Waals surface area contributed by atoms with Gasteiger partial charge in [-0.15, -0.1) is 0 Å². The first-order valence-electron chi connectivity index (χ1n) is 6.37. The van der Waals surface area contributed by atoms with E-state index < -0.39 is 6.10 Å². The van der Waals surface area contributed by atoms with Gasteiger partial charge in [-0.1, -0.05) is 44.2 Å². The maximum atomic E-state index is 10.0. The van der Waals surface area contributed by atoms with Crippen LogP contribution < -0.4 is 5.73 Å². The SMILES string of the molecule is CCN(CC)CC(O)C(N)Cc1ccccc1. The lowest BCUT2D eigenvalue weighted by Crippen LogP contribution is -2.44. The predicted molar refractivity (Wildman–Crippen MR) is 71.9 cm³/mol. The molecule has 3 nitrogen and oxygen atoms in total. The molecule has 0 aliphatic carbocycles. The van der Waals surface area contributed by atoms with Crippen LogP contribution in [0.25, 0.3) is 0 Å². The fourth-order valence-electron chi connectivity index (χ4n) is 1.90. The molecule has 0 radical (unpaired) electrons. The third kappa shape index (κ3) is 4.86. The van der Waals surface area contributed by atoms with Gasteiger partial charge < -0.3 is 15.7 Å². The Balaban J connectivity index is 2.44. The second-order valence-electron chi connectivity index (χ2n) is 4.41. The molecule has 0 aromatic heterocycles. The maximum Gasteiger partial charge on any atom is 0.0820 e. The van der Waals surface area contributed by atoms with Gasteiger partial charge in [0.15, 0.2) is 0 Å². The summed E-state index contributed by atoms with van der Waals surface area (Å²) in [5, 5.41) is 10.0. The summed E-state index contributed by atoms with van der Waals surface area (Å²) in [4.78, 5) is 2.19. The molecule has 1 aromatic rings. The van der Waals surface area contributed by atoms with Gasteiger partial charge >= 0.3 is 0 Å². The Morgan fingerprint density at radius 2 is 1.76 bits per heavy atom. The van der Waals surface area contributed by atoms with Crippen molar-refractivity contribution >= 4 is 0 Å². The zero-order valence-corrected chi connectivity index (χ0v) is 10.8. The molecule has 3 heteroatoms. The van der Waals surface area contributed by atoms with Crippen LogP contribution in [0.1, 0.15) is 19.4 Å². The Morgan fingerprint density at radius 1 is 1.18 bits per heavy atom. The van der Waals surface area contributed by atoms with Gasteiger partial charge in [0, 0.05) is 12.6 Å². The molecule has 2 unspecified atom stereocenters. The number of benzene rings is 1. The molecule has 2 atom stereocenters. The van der Waals surface area contributed by atoms with E-state index in [9.17, 15) is 5.11 Å². The van der Waals surface area contributed by atoms with Crippen molar-refractivity contribution in [3.05, 3.63) is 35.9 Å². The highest BCUT2D eigenvalue weighted by atomic mass is 16.3. The third-order valence-corrected chi connectivity index (χ3v) is 3.15. The van der Waals surface area contributed by atoms with Crippen molar-refractivity contribution in [2.75, 3.05) is 19.6 Å². The Bertz CT molecular complexity index is 298. The van der Waals surface area contributed by atoms with Crippen molar-refractivity contribution in [1.82, 2.24) is 4.90 Å². The average molecular weight is 236 g/mol. The summed E-state index contributed by atoms with van der Waals surface area (Å²) in [6.45, 7) is 6.75. The second-order valence-corrected chi connectivity index (χ2v) is 4.41. The van der Waals surface area contributed by atoms with Crippen molar-refractivity contribution in [3.8, 4) is 0 Å². The van der Waals surface area contributed by atoms with Gasteiger partial charge in [0.05, 0.1) is 6.10 Å². The van der Waals surface area contributed by atoms with Crippen LogP contribution in [-0.4, -0.2) is 41.8 Å². The van der Waals surface area contributed by atoms with Crippen LogP contribution in [0.2, 0.25) is 0 Å². The number of likely N-dealkylation sites (N-methyl/N-ethyl adjacent to an activating group) is 1. The third-order valence-electron chi connectivity index (χ3n) is 3.15. The largest absolute Gasteiger partial charge is 0.390 e. The summed E-state index contributed by atoms with van der Waals surface area (Å²) in [6.07, 6.45) is 0.263. The van der Waals surface area contributed by atoms with Crippen LogP contribution in [0.15, 0.2) is 30.3 Å². The number of aliphatic hydroxyl groups is 1. The van der Waals surface area contributed by atoms with Gasteiger partial charge in [-0.05, 0) is 25.1 Å². The molecule has 1 aromatic carbocycles. The van der Waals surface area contributed by atoms with E-state index in [0.29, 0.717) is 6.54 Å². The first kappa shape index (κ1) is 14.2. The fourth-order valence-corrected chi connectivity index (χ4v) is 1.90. The summed E-state index contributed by atoms with van der Waals surface area (Å²) in [7, 11) is 0. The molecular formula is C14H24N2O. The molecule has 0 saturated carbocycles. The minimum Gasteiger partial charge on any atom is -0.390 e. The number of rotatable bonds is 7. The van der Waals surface area contributed by atoms with Crippen molar-refractivity contribution in [3.63, 3.8) is 0 Å². The quantitative estimate of drug-likeness (QED) is 0.749. The number of aliphatic hydroxyl groups excluding tert-OH is 1. The summed E-state index contributed by atoms with van der Waals surface area (Å²) in [5.41, 5.74) is 7.21. The molecule has 0 amide bonds. The minimum atomic E-state index is -0.463. The van der Waals surface area contributed by atoms with E-state index in [2.05, 4.69) is 18.7 Å². The number of hydrogen-bond donors (Lipinski definition) is 2. The summed E-state index contributed by atoms with van der Waals surface area (Å²) >= 11 is 0. The van der Waals surface area contributed by atoms with Crippen LogP contribution >= 0.6 is 0 Å². The Kier molecular flexibility index (Phi) is 6.19. The van der Waals surface area contributed by atoms with E-state index in [1.165, 1.54) is 5.56 Å². The van der Waals surface area contributed by atoms with Gasteiger partial charge in [-0.25, -0.2) is 0 Å². The predicted octanol–water partition coefficient (Wildman–Crippen LogP) is 1.26. The Hall–Kier alpha value is -0.900. The topological polar surface area (TPSA) is 49.5 Å². The maximum absolute atomic E-state index is 10.0. The smallest absolute Gasteiger partial charge is 0.0820 e. The highest BCUT2D eigenvalue weighted by Gasteiger charge is 2.17. The number of nitrogens with two attached hydrogens (primary N) is 1. The highest BCUT2D eigenvalue weighted by molar-refractivity contribution is 5.16. The molecule has 96 valence electrons. The molecule has 3 N–H and O–H groups in total. The van der Waals surface area contributed by atoms with Crippen LogP contribution in [0.3, 0.4) is 0 Å². The molecule has 0 saturated heterocycles. The first-order valence-corrected chi connectivity index (χ1v) is 6.37. The standard InChI is InChI=1S/C14H24N2O/c1-3-16(4-2)11-14(17)13(15)10-12-8-6-5-7-9-12/h5-9,13-14,17H,3-4,10-11,15H2,1-2H3. The Labute approximate surface area is 104 Å². The molecule has 0 spiro atoms. The summed E-state index contributed by atoms with van der Waals surface area (Å²) < 4.78 is 0. The monoisotopic (exact) mass is 236 g/mol. The van der Waals surface area contributed by atoms with Crippen LogP contribution in [-0.2, 0) is 6.42 Å². The van der Waals surface area contributed by atoms with Crippen molar-refractivity contribution in [1.29, 1.82) is 0 Å². The molecule has 17 heavy (non-hydrogen) atoms. The van der Waals surface area contributed by atoms with Crippen LogP contribution in [0.5, 0.6) is 0 Å². The van der Waals surface area contributed by atoms with Gasteiger partial charge in [0.25, 0.3) is 0 Å². The van der Waals surface area contributed by atoms with E-state index in [1.807, 2.05) is 30.3 Å². The molecule has 1 rings (SSSR count). The van der Waals surface area contributed by atoms with Crippen molar-refractivity contribution in [2.24, 2.45) is 5.73 Å². The Morgan fingerprint density at radius 3 is 2.29 bits per heavy atom. The van der Waals surface area contributed by atoms with Crippen molar-refractivity contribution < 1.29 is 5.11 Å². The highest BCUT2D eigenvalue weighted by Crippen LogP contribution is 2.05. The lowest BCUT2D eigenvalue weighted by atomic mass is 10.0. The van der Waals surface area contributed by atoms with E-state index >= 15 is 0 Å². The molecule has 0 aliphatic rings. The molecular weight excluding hydrogens is 212 g/mol. The normalized spacial score (nSPS) is 14.9. The lowest BCUT2D eigenvalue weighted by Gasteiger charge is -2.25. The summed E-state index contributed by atoms with van der Waals surface area (Å²) in [6, 6.07) is 9.88. The molecule has 0 heterocycles.